The van der Waals surface area contributed by atoms with Gasteiger partial charge in [-0.15, -0.1) is 11.3 Å². The lowest BCUT2D eigenvalue weighted by Gasteiger charge is -2.06. The maximum Gasteiger partial charge on any atom is 0.113 e. The Morgan fingerprint density at radius 1 is 1.44 bits per heavy atom. The Kier molecular flexibility index (Phi) is 3.69. The van der Waals surface area contributed by atoms with Crippen LogP contribution in [0.25, 0.3) is 0 Å². The fourth-order valence-electron chi connectivity index (χ4n) is 1.51. The van der Waals surface area contributed by atoms with E-state index in [1.54, 1.807) is 11.3 Å². The van der Waals surface area contributed by atoms with Crippen molar-refractivity contribution in [2.24, 2.45) is 0 Å². The molecule has 4 nitrogen and oxygen atoms in total. The molecule has 0 radical (unpaired) electrons. The molecule has 2 aromatic heterocycles. The van der Waals surface area contributed by atoms with E-state index in [2.05, 4.69) is 33.7 Å². The topological polar surface area (TPSA) is 42.7 Å². The third-order valence-corrected chi connectivity index (χ3v) is 3.23. The van der Waals surface area contributed by atoms with Crippen molar-refractivity contribution in [3.63, 3.8) is 0 Å². The van der Waals surface area contributed by atoms with Gasteiger partial charge < -0.3 is 9.88 Å². The summed E-state index contributed by atoms with van der Waals surface area (Å²) in [4.78, 5) is 9.79. The van der Waals surface area contributed by atoms with E-state index in [0.29, 0.717) is 0 Å². The SMILES string of the molecule is CCNCc1cncn1Cc1ncc(C)s1. The van der Waals surface area contributed by atoms with Crippen molar-refractivity contribution in [3.8, 4) is 0 Å². The van der Waals surface area contributed by atoms with Crippen molar-refractivity contribution in [3.05, 3.63) is 34.3 Å². The molecule has 0 fully saturated rings. The van der Waals surface area contributed by atoms with Crippen molar-refractivity contribution in [2.75, 3.05) is 6.54 Å². The van der Waals surface area contributed by atoms with Gasteiger partial charge in [0.05, 0.1) is 18.6 Å². The minimum absolute atomic E-state index is 0.819. The second kappa shape index (κ2) is 5.23. The van der Waals surface area contributed by atoms with Gasteiger partial charge in [-0.25, -0.2) is 9.97 Å². The molecule has 2 rings (SSSR count). The Hall–Kier alpha value is -1.20. The first-order valence-electron chi connectivity index (χ1n) is 5.40. The molecular formula is C11H16N4S. The molecule has 0 unspecified atom stereocenters. The summed E-state index contributed by atoms with van der Waals surface area (Å²) in [5, 5.41) is 4.44. The molecule has 2 heterocycles. The van der Waals surface area contributed by atoms with Crippen LogP contribution in [-0.2, 0) is 13.1 Å². The minimum atomic E-state index is 0.819. The third-order valence-electron chi connectivity index (χ3n) is 2.33. The van der Waals surface area contributed by atoms with Crippen molar-refractivity contribution in [1.82, 2.24) is 19.9 Å². The van der Waals surface area contributed by atoms with E-state index in [1.165, 1.54) is 10.6 Å². The van der Waals surface area contributed by atoms with E-state index in [0.717, 1.165) is 24.6 Å². The molecule has 0 saturated carbocycles. The fraction of sp³-hybridized carbons (Fsp3) is 0.455. The molecule has 2 aromatic rings. The zero-order chi connectivity index (χ0) is 11.4. The maximum absolute atomic E-state index is 4.36. The smallest absolute Gasteiger partial charge is 0.113 e. The van der Waals surface area contributed by atoms with Gasteiger partial charge in [0.25, 0.3) is 0 Å². The quantitative estimate of drug-likeness (QED) is 0.861. The van der Waals surface area contributed by atoms with Crippen LogP contribution in [-0.4, -0.2) is 21.1 Å². The lowest BCUT2D eigenvalue weighted by atomic mass is 10.4. The predicted molar refractivity (Wildman–Crippen MR) is 65.6 cm³/mol. The molecule has 16 heavy (non-hydrogen) atoms. The summed E-state index contributed by atoms with van der Waals surface area (Å²) in [5.41, 5.74) is 1.20. The van der Waals surface area contributed by atoms with E-state index >= 15 is 0 Å². The van der Waals surface area contributed by atoms with Gasteiger partial charge in [-0.05, 0) is 13.5 Å². The van der Waals surface area contributed by atoms with Gasteiger partial charge in [0.15, 0.2) is 0 Å². The summed E-state index contributed by atoms with van der Waals surface area (Å²) in [6.07, 6.45) is 5.69. The van der Waals surface area contributed by atoms with Gasteiger partial charge >= 0.3 is 0 Å². The number of aromatic nitrogens is 3. The molecule has 5 heteroatoms. The normalized spacial score (nSPS) is 10.9. The Balaban J connectivity index is 2.06. The van der Waals surface area contributed by atoms with E-state index in [4.69, 9.17) is 0 Å². The van der Waals surface area contributed by atoms with E-state index < -0.39 is 0 Å². The maximum atomic E-state index is 4.36. The molecule has 0 atom stereocenters. The van der Waals surface area contributed by atoms with Gasteiger partial charge in [0.2, 0.25) is 0 Å². The van der Waals surface area contributed by atoms with Crippen molar-refractivity contribution < 1.29 is 0 Å². The second-order valence-corrected chi connectivity index (χ2v) is 4.98. The number of rotatable bonds is 5. The molecule has 0 aromatic carbocycles. The summed E-state index contributed by atoms with van der Waals surface area (Å²) in [6, 6.07) is 0. The van der Waals surface area contributed by atoms with E-state index in [-0.39, 0.29) is 0 Å². The van der Waals surface area contributed by atoms with Gasteiger partial charge in [-0.3, -0.25) is 0 Å². The molecular weight excluding hydrogens is 220 g/mol. The average molecular weight is 236 g/mol. The summed E-state index contributed by atoms with van der Waals surface area (Å²) >= 11 is 1.74. The van der Waals surface area contributed by atoms with E-state index in [1.807, 2.05) is 18.7 Å². The molecule has 0 spiro atoms. The van der Waals surface area contributed by atoms with Crippen LogP contribution in [0.2, 0.25) is 0 Å². The van der Waals surface area contributed by atoms with Gasteiger partial charge in [-0.1, -0.05) is 6.92 Å². The average Bonchev–Trinajstić information content (AvgIpc) is 2.86. The fourth-order valence-corrected chi connectivity index (χ4v) is 2.30. The second-order valence-electron chi connectivity index (χ2n) is 3.66. The van der Waals surface area contributed by atoms with Crippen LogP contribution in [0.4, 0.5) is 0 Å². The number of nitrogens with zero attached hydrogens (tertiary/aromatic N) is 3. The lowest BCUT2D eigenvalue weighted by molar-refractivity contribution is 0.655. The molecule has 0 bridgehead atoms. The Morgan fingerprint density at radius 2 is 2.31 bits per heavy atom. The van der Waals surface area contributed by atoms with Crippen LogP contribution in [0, 0.1) is 6.92 Å². The first-order chi connectivity index (χ1) is 7.79. The number of aryl methyl sites for hydroxylation is 1. The monoisotopic (exact) mass is 236 g/mol. The molecule has 0 aliphatic rings. The van der Waals surface area contributed by atoms with Crippen molar-refractivity contribution in [1.29, 1.82) is 0 Å². The number of nitrogens with one attached hydrogen (secondary N) is 1. The molecule has 0 aliphatic heterocycles. The van der Waals surface area contributed by atoms with Crippen LogP contribution < -0.4 is 5.32 Å². The van der Waals surface area contributed by atoms with E-state index in [9.17, 15) is 0 Å². The standard InChI is InChI=1S/C11H16N4S/c1-3-12-5-10-6-13-8-15(10)7-11-14-4-9(2)16-11/h4,6,8,12H,3,5,7H2,1-2H3. The Morgan fingerprint density at radius 3 is 3.00 bits per heavy atom. The zero-order valence-corrected chi connectivity index (χ0v) is 10.4. The molecule has 1 N–H and O–H groups in total. The summed E-state index contributed by atoms with van der Waals surface area (Å²) in [5.74, 6) is 0. The number of imidazole rings is 1. The Bertz CT molecular complexity index is 446. The van der Waals surface area contributed by atoms with Crippen LogP contribution in [0.15, 0.2) is 18.7 Å². The first-order valence-corrected chi connectivity index (χ1v) is 6.22. The lowest BCUT2D eigenvalue weighted by Crippen LogP contribution is -2.15. The van der Waals surface area contributed by atoms with Crippen LogP contribution >= 0.6 is 11.3 Å². The zero-order valence-electron chi connectivity index (χ0n) is 9.60. The number of hydrogen-bond donors (Lipinski definition) is 1. The van der Waals surface area contributed by atoms with Gasteiger partial charge in [0.1, 0.15) is 5.01 Å². The first kappa shape index (κ1) is 11.3. The molecule has 0 aliphatic carbocycles. The highest BCUT2D eigenvalue weighted by Gasteiger charge is 2.04. The summed E-state index contributed by atoms with van der Waals surface area (Å²) in [6.45, 7) is 6.83. The molecule has 0 saturated heterocycles. The van der Waals surface area contributed by atoms with Gasteiger partial charge in [-0.2, -0.15) is 0 Å². The highest BCUT2D eigenvalue weighted by molar-refractivity contribution is 7.11. The number of hydrogen-bond acceptors (Lipinski definition) is 4. The molecule has 86 valence electrons. The predicted octanol–water partition coefficient (Wildman–Crippen LogP) is 1.81. The highest BCUT2D eigenvalue weighted by Crippen LogP contribution is 2.13. The van der Waals surface area contributed by atoms with Crippen LogP contribution in [0.5, 0.6) is 0 Å². The molecule has 0 amide bonds. The third kappa shape index (κ3) is 2.68. The van der Waals surface area contributed by atoms with Crippen LogP contribution in [0.3, 0.4) is 0 Å². The largest absolute Gasteiger partial charge is 0.326 e. The van der Waals surface area contributed by atoms with Crippen LogP contribution in [0.1, 0.15) is 22.5 Å². The van der Waals surface area contributed by atoms with Crippen molar-refractivity contribution in [2.45, 2.75) is 26.9 Å². The Labute approximate surface area is 99.4 Å². The summed E-state index contributed by atoms with van der Waals surface area (Å²) in [7, 11) is 0. The van der Waals surface area contributed by atoms with Crippen molar-refractivity contribution >= 4 is 11.3 Å². The van der Waals surface area contributed by atoms with Gasteiger partial charge in [0, 0.05) is 23.8 Å². The number of thiazole rings is 1. The minimum Gasteiger partial charge on any atom is -0.326 e. The summed E-state index contributed by atoms with van der Waals surface area (Å²) < 4.78 is 2.14. The highest BCUT2D eigenvalue weighted by atomic mass is 32.1.